The molecule has 1 fully saturated rings. The Balaban J connectivity index is 1.36. The number of hydrazone groups is 1. The predicted octanol–water partition coefficient (Wildman–Crippen LogP) is 1.24. The van der Waals surface area contributed by atoms with Crippen LogP contribution >= 0.6 is 0 Å². The molecule has 1 amide bonds. The zero-order valence-corrected chi connectivity index (χ0v) is 15.3. The molecular formula is C21H27N4O+. The van der Waals surface area contributed by atoms with Crippen LogP contribution < -0.4 is 15.2 Å². The molecule has 5 heteroatoms. The number of benzene rings is 2. The molecule has 0 saturated carbocycles. The molecule has 2 aromatic rings. The van der Waals surface area contributed by atoms with E-state index in [4.69, 9.17) is 0 Å². The van der Waals surface area contributed by atoms with Crippen molar-refractivity contribution in [1.29, 1.82) is 0 Å². The number of nitrogens with one attached hydrogen (secondary N) is 2. The van der Waals surface area contributed by atoms with E-state index < -0.39 is 0 Å². The number of anilines is 1. The van der Waals surface area contributed by atoms with Gasteiger partial charge in [-0.25, -0.2) is 5.43 Å². The summed E-state index contributed by atoms with van der Waals surface area (Å²) in [7, 11) is 0. The highest BCUT2D eigenvalue weighted by Gasteiger charge is 2.20. The molecule has 0 aromatic heterocycles. The summed E-state index contributed by atoms with van der Waals surface area (Å²) in [4.78, 5) is 15.9. The van der Waals surface area contributed by atoms with Crippen molar-refractivity contribution >= 4 is 17.8 Å². The van der Waals surface area contributed by atoms with Gasteiger partial charge >= 0.3 is 0 Å². The molecule has 26 heavy (non-hydrogen) atoms. The average Bonchev–Trinajstić information content (AvgIpc) is 2.68. The van der Waals surface area contributed by atoms with Crippen LogP contribution in [0.15, 0.2) is 59.7 Å². The molecule has 136 valence electrons. The molecule has 1 saturated heterocycles. The minimum atomic E-state index is -0.0214. The number of amides is 1. The first-order valence-corrected chi connectivity index (χ1v) is 9.23. The summed E-state index contributed by atoms with van der Waals surface area (Å²) in [6.45, 7) is 7.09. The van der Waals surface area contributed by atoms with Gasteiger partial charge in [-0.3, -0.25) is 4.79 Å². The number of carbonyl (C=O) groups is 1. The highest BCUT2D eigenvalue weighted by Crippen LogP contribution is 2.12. The van der Waals surface area contributed by atoms with Crippen LogP contribution in [0.1, 0.15) is 17.5 Å². The fourth-order valence-electron chi connectivity index (χ4n) is 3.25. The van der Waals surface area contributed by atoms with Gasteiger partial charge in [0.15, 0.2) is 0 Å². The smallest absolute Gasteiger partial charge is 0.245 e. The van der Waals surface area contributed by atoms with Crippen molar-refractivity contribution in [2.24, 2.45) is 5.10 Å². The van der Waals surface area contributed by atoms with Crippen molar-refractivity contribution in [2.45, 2.75) is 13.3 Å². The maximum absolute atomic E-state index is 12.0. The number of nitrogens with zero attached hydrogens (tertiary/aromatic N) is 2. The average molecular weight is 351 g/mol. The summed E-state index contributed by atoms with van der Waals surface area (Å²) in [6, 6.07) is 18.5. The number of para-hydroxylation sites is 1. The van der Waals surface area contributed by atoms with Crippen LogP contribution in [0.5, 0.6) is 0 Å². The van der Waals surface area contributed by atoms with Crippen molar-refractivity contribution in [3.63, 3.8) is 0 Å². The SMILES string of the molecule is Cc1cccc(C=NNC(=O)CC[NH+]2CCN(c3ccccc3)CC2)c1. The molecule has 2 N–H and O–H groups in total. The summed E-state index contributed by atoms with van der Waals surface area (Å²) < 4.78 is 0. The first kappa shape index (κ1) is 18.1. The normalized spacial score (nSPS) is 15.3. The fraction of sp³-hybridized carbons (Fsp3) is 0.333. The van der Waals surface area contributed by atoms with Crippen molar-refractivity contribution in [1.82, 2.24) is 5.43 Å². The Labute approximate surface area is 155 Å². The fourth-order valence-corrected chi connectivity index (χ4v) is 3.25. The minimum absolute atomic E-state index is 0.0214. The van der Waals surface area contributed by atoms with Crippen LogP contribution in [0.4, 0.5) is 5.69 Å². The highest BCUT2D eigenvalue weighted by molar-refractivity contribution is 5.82. The summed E-state index contributed by atoms with van der Waals surface area (Å²) in [5.41, 5.74) is 6.09. The molecule has 0 spiro atoms. The number of piperazine rings is 1. The Kier molecular flexibility index (Phi) is 6.39. The Morgan fingerprint density at radius 3 is 2.65 bits per heavy atom. The van der Waals surface area contributed by atoms with Gasteiger partial charge in [0.2, 0.25) is 5.91 Å². The Morgan fingerprint density at radius 1 is 1.15 bits per heavy atom. The molecule has 1 aliphatic rings. The lowest BCUT2D eigenvalue weighted by Gasteiger charge is -2.33. The zero-order chi connectivity index (χ0) is 18.2. The van der Waals surface area contributed by atoms with E-state index in [1.54, 1.807) is 6.21 Å². The number of carbonyl (C=O) groups excluding carboxylic acids is 1. The van der Waals surface area contributed by atoms with Crippen LogP contribution in [-0.4, -0.2) is 44.8 Å². The van der Waals surface area contributed by atoms with Crippen LogP contribution in [0.2, 0.25) is 0 Å². The van der Waals surface area contributed by atoms with E-state index in [1.165, 1.54) is 16.2 Å². The van der Waals surface area contributed by atoms with Gasteiger partial charge in [-0.1, -0.05) is 48.0 Å². The van der Waals surface area contributed by atoms with Crippen molar-refractivity contribution in [3.8, 4) is 0 Å². The number of rotatable bonds is 6. The summed E-state index contributed by atoms with van der Waals surface area (Å²) in [6.07, 6.45) is 2.20. The second-order valence-electron chi connectivity index (χ2n) is 6.78. The first-order chi connectivity index (χ1) is 12.7. The maximum Gasteiger partial charge on any atom is 0.245 e. The van der Waals surface area contributed by atoms with E-state index in [1.807, 2.05) is 37.3 Å². The molecule has 0 unspecified atom stereocenters. The van der Waals surface area contributed by atoms with Crippen molar-refractivity contribution in [3.05, 3.63) is 65.7 Å². The summed E-state index contributed by atoms with van der Waals surface area (Å²) in [5.74, 6) is -0.0214. The minimum Gasteiger partial charge on any atom is -0.360 e. The second-order valence-corrected chi connectivity index (χ2v) is 6.78. The Hall–Kier alpha value is -2.66. The molecule has 0 aliphatic carbocycles. The van der Waals surface area contributed by atoms with Gasteiger partial charge in [0.25, 0.3) is 0 Å². The van der Waals surface area contributed by atoms with Crippen LogP contribution in [0, 0.1) is 6.92 Å². The van der Waals surface area contributed by atoms with E-state index in [0.29, 0.717) is 6.42 Å². The third-order valence-corrected chi connectivity index (χ3v) is 4.74. The Bertz CT molecular complexity index is 737. The van der Waals surface area contributed by atoms with E-state index in [2.05, 4.69) is 39.7 Å². The molecule has 0 atom stereocenters. The summed E-state index contributed by atoms with van der Waals surface area (Å²) >= 11 is 0. The lowest BCUT2D eigenvalue weighted by Crippen LogP contribution is -3.15. The van der Waals surface area contributed by atoms with Gasteiger partial charge in [-0.15, -0.1) is 0 Å². The molecule has 2 aromatic carbocycles. The van der Waals surface area contributed by atoms with Gasteiger partial charge in [0, 0.05) is 5.69 Å². The lowest BCUT2D eigenvalue weighted by atomic mass is 10.2. The molecule has 0 radical (unpaired) electrons. The first-order valence-electron chi connectivity index (χ1n) is 9.23. The van der Waals surface area contributed by atoms with Gasteiger partial charge in [0.1, 0.15) is 0 Å². The Morgan fingerprint density at radius 2 is 1.92 bits per heavy atom. The maximum atomic E-state index is 12.0. The number of hydrogen-bond donors (Lipinski definition) is 2. The molecular weight excluding hydrogens is 324 g/mol. The third kappa shape index (κ3) is 5.43. The van der Waals surface area contributed by atoms with E-state index in [0.717, 1.165) is 38.3 Å². The molecule has 5 nitrogen and oxygen atoms in total. The van der Waals surface area contributed by atoms with E-state index in [9.17, 15) is 4.79 Å². The monoisotopic (exact) mass is 351 g/mol. The third-order valence-electron chi connectivity index (χ3n) is 4.74. The second kappa shape index (κ2) is 9.15. The topological polar surface area (TPSA) is 49.1 Å². The van der Waals surface area contributed by atoms with E-state index >= 15 is 0 Å². The molecule has 0 bridgehead atoms. The van der Waals surface area contributed by atoms with Crippen molar-refractivity contribution in [2.75, 3.05) is 37.6 Å². The largest absolute Gasteiger partial charge is 0.360 e. The van der Waals surface area contributed by atoms with Crippen LogP contribution in [0.3, 0.4) is 0 Å². The van der Waals surface area contributed by atoms with Gasteiger partial charge in [0.05, 0.1) is 45.4 Å². The van der Waals surface area contributed by atoms with E-state index in [-0.39, 0.29) is 5.91 Å². The number of aryl methyl sites for hydroxylation is 1. The van der Waals surface area contributed by atoms with Crippen LogP contribution in [-0.2, 0) is 4.79 Å². The zero-order valence-electron chi connectivity index (χ0n) is 15.3. The predicted molar refractivity (Wildman–Crippen MR) is 106 cm³/mol. The number of hydrogen-bond acceptors (Lipinski definition) is 3. The highest BCUT2D eigenvalue weighted by atomic mass is 16.2. The lowest BCUT2D eigenvalue weighted by molar-refractivity contribution is -0.900. The van der Waals surface area contributed by atoms with Gasteiger partial charge in [-0.2, -0.15) is 5.10 Å². The van der Waals surface area contributed by atoms with Gasteiger partial charge in [-0.05, 0) is 24.6 Å². The van der Waals surface area contributed by atoms with Crippen molar-refractivity contribution < 1.29 is 9.69 Å². The standard InChI is InChI=1S/C21H26N4O/c1-18-6-5-7-19(16-18)17-22-23-21(26)10-11-24-12-14-25(15-13-24)20-8-3-2-4-9-20/h2-9,16-17H,10-15H2,1H3,(H,23,26)/p+1. The molecule has 1 heterocycles. The molecule has 1 aliphatic heterocycles. The molecule has 3 rings (SSSR count). The quantitative estimate of drug-likeness (QED) is 0.608. The van der Waals surface area contributed by atoms with Crippen LogP contribution in [0.25, 0.3) is 0 Å². The summed E-state index contributed by atoms with van der Waals surface area (Å²) in [5, 5.41) is 4.06. The van der Waals surface area contributed by atoms with Gasteiger partial charge < -0.3 is 9.80 Å². The number of quaternary nitrogens is 1.